The van der Waals surface area contributed by atoms with Gasteiger partial charge in [0.2, 0.25) is 0 Å². The maximum atomic E-state index is 4.73. The van der Waals surface area contributed by atoms with Crippen LogP contribution >= 0.6 is 11.8 Å². The van der Waals surface area contributed by atoms with Gasteiger partial charge in [-0.05, 0) is 38.0 Å². The van der Waals surface area contributed by atoms with Crippen molar-refractivity contribution < 1.29 is 0 Å². The molecule has 0 spiro atoms. The molecule has 0 saturated heterocycles. The molecule has 4 heteroatoms. The lowest BCUT2D eigenvalue weighted by atomic mass is 9.84. The second kappa shape index (κ2) is 5.88. The van der Waals surface area contributed by atoms with E-state index in [1.165, 1.54) is 50.6 Å². The molecule has 0 aliphatic heterocycles. The Kier molecular flexibility index (Phi) is 4.18. The van der Waals surface area contributed by atoms with E-state index in [4.69, 9.17) is 5.10 Å². The van der Waals surface area contributed by atoms with Crippen molar-refractivity contribution in [2.75, 3.05) is 12.8 Å². The van der Waals surface area contributed by atoms with Gasteiger partial charge in [-0.2, -0.15) is 16.9 Å². The third-order valence-corrected chi connectivity index (χ3v) is 6.23. The van der Waals surface area contributed by atoms with Crippen LogP contribution < -0.4 is 5.32 Å². The highest BCUT2D eigenvalue weighted by Crippen LogP contribution is 2.42. The van der Waals surface area contributed by atoms with Crippen LogP contribution in [0.3, 0.4) is 0 Å². The maximum Gasteiger partial charge on any atom is 0.0762 e. The summed E-state index contributed by atoms with van der Waals surface area (Å²) in [5.41, 5.74) is 1.20. The molecule has 3 rings (SSSR count). The van der Waals surface area contributed by atoms with Crippen LogP contribution in [0.25, 0.3) is 0 Å². The van der Waals surface area contributed by atoms with Gasteiger partial charge in [0.15, 0.2) is 0 Å². The van der Waals surface area contributed by atoms with Crippen molar-refractivity contribution in [3.05, 3.63) is 18.0 Å². The molecule has 1 heterocycles. The molecule has 2 fully saturated rings. The summed E-state index contributed by atoms with van der Waals surface area (Å²) in [6, 6.07) is 2.84. The van der Waals surface area contributed by atoms with Crippen LogP contribution in [0.4, 0.5) is 0 Å². The summed E-state index contributed by atoms with van der Waals surface area (Å²) in [7, 11) is 0. The smallest absolute Gasteiger partial charge is 0.0762 e. The van der Waals surface area contributed by atoms with E-state index in [-0.39, 0.29) is 0 Å². The van der Waals surface area contributed by atoms with Crippen LogP contribution in [0.2, 0.25) is 0 Å². The number of hydrogen-bond donors (Lipinski definition) is 1. The largest absolute Gasteiger partial charge is 0.310 e. The Labute approximate surface area is 120 Å². The van der Waals surface area contributed by atoms with E-state index < -0.39 is 0 Å². The third-order valence-electron chi connectivity index (χ3n) is 4.81. The number of hydrogen-bond acceptors (Lipinski definition) is 3. The Hall–Kier alpha value is -0.480. The predicted octanol–water partition coefficient (Wildman–Crippen LogP) is 3.37. The summed E-state index contributed by atoms with van der Waals surface area (Å²) in [5, 5.41) is 8.33. The maximum absolute atomic E-state index is 4.73. The molecule has 0 aromatic carbocycles. The highest BCUT2D eigenvalue weighted by atomic mass is 32.2. The second-order valence-corrected chi connectivity index (χ2v) is 7.34. The number of thioether (sulfide) groups is 1. The van der Waals surface area contributed by atoms with Gasteiger partial charge in [-0.15, -0.1) is 0 Å². The normalized spacial score (nSPS) is 22.6. The molecule has 2 aliphatic rings. The minimum absolute atomic E-state index is 0.522. The lowest BCUT2D eigenvalue weighted by Crippen LogP contribution is -2.43. The molecule has 0 atom stereocenters. The molecule has 0 unspecified atom stereocenters. The van der Waals surface area contributed by atoms with Crippen molar-refractivity contribution in [2.24, 2.45) is 0 Å². The summed E-state index contributed by atoms with van der Waals surface area (Å²) < 4.78 is 2.71. The van der Waals surface area contributed by atoms with Gasteiger partial charge in [0, 0.05) is 24.0 Å². The fourth-order valence-electron chi connectivity index (χ4n) is 3.29. The van der Waals surface area contributed by atoms with Crippen LogP contribution in [0, 0.1) is 0 Å². The third kappa shape index (κ3) is 3.00. The van der Waals surface area contributed by atoms with Gasteiger partial charge in [-0.3, -0.25) is 4.68 Å². The molecule has 106 valence electrons. The highest BCUT2D eigenvalue weighted by molar-refractivity contribution is 8.00. The van der Waals surface area contributed by atoms with Crippen molar-refractivity contribution in [2.45, 2.75) is 62.3 Å². The van der Waals surface area contributed by atoms with E-state index in [1.54, 1.807) is 0 Å². The fourth-order valence-corrected chi connectivity index (χ4v) is 4.23. The van der Waals surface area contributed by atoms with E-state index >= 15 is 0 Å². The Balaban J connectivity index is 1.47. The first-order chi connectivity index (χ1) is 9.31. The Morgan fingerprint density at radius 1 is 1.37 bits per heavy atom. The lowest BCUT2D eigenvalue weighted by molar-refractivity contribution is 0.344. The number of nitrogens with zero attached hydrogens (tertiary/aromatic N) is 2. The minimum atomic E-state index is 0.522. The van der Waals surface area contributed by atoms with Crippen LogP contribution in [0.1, 0.15) is 56.7 Å². The van der Waals surface area contributed by atoms with Gasteiger partial charge in [-0.1, -0.05) is 19.3 Å². The SMILES string of the molecule is CSC1(CNCc2ccn(C3CCCC3)n2)CCC1. The molecule has 1 aromatic rings. The van der Waals surface area contributed by atoms with Crippen molar-refractivity contribution in [3.8, 4) is 0 Å². The van der Waals surface area contributed by atoms with Crippen molar-refractivity contribution in [3.63, 3.8) is 0 Å². The Bertz CT molecular complexity index is 400. The predicted molar refractivity (Wildman–Crippen MR) is 81.5 cm³/mol. The van der Waals surface area contributed by atoms with Crippen molar-refractivity contribution in [1.82, 2.24) is 15.1 Å². The van der Waals surface area contributed by atoms with Crippen LogP contribution in [-0.2, 0) is 6.54 Å². The van der Waals surface area contributed by atoms with Gasteiger partial charge in [-0.25, -0.2) is 0 Å². The lowest BCUT2D eigenvalue weighted by Gasteiger charge is -2.40. The standard InChI is InChI=1S/C15H25N3S/c1-19-15(8-4-9-15)12-16-11-13-7-10-18(17-13)14-5-2-3-6-14/h7,10,14,16H,2-6,8-9,11-12H2,1H3. The molecular weight excluding hydrogens is 254 g/mol. The first-order valence-electron chi connectivity index (χ1n) is 7.61. The zero-order valence-corrected chi connectivity index (χ0v) is 12.7. The minimum Gasteiger partial charge on any atom is -0.310 e. The van der Waals surface area contributed by atoms with E-state index in [0.717, 1.165) is 13.1 Å². The van der Waals surface area contributed by atoms with Crippen molar-refractivity contribution >= 4 is 11.8 Å². The Morgan fingerprint density at radius 3 is 2.79 bits per heavy atom. The average Bonchev–Trinajstić information content (AvgIpc) is 3.02. The average molecular weight is 279 g/mol. The first-order valence-corrected chi connectivity index (χ1v) is 8.84. The molecule has 0 amide bonds. The molecule has 3 nitrogen and oxygen atoms in total. The van der Waals surface area contributed by atoms with Gasteiger partial charge in [0.05, 0.1) is 11.7 Å². The van der Waals surface area contributed by atoms with Crippen molar-refractivity contribution in [1.29, 1.82) is 0 Å². The summed E-state index contributed by atoms with van der Waals surface area (Å²) in [6.45, 7) is 2.05. The van der Waals surface area contributed by atoms with Gasteiger partial charge < -0.3 is 5.32 Å². The zero-order valence-electron chi connectivity index (χ0n) is 11.9. The monoisotopic (exact) mass is 279 g/mol. The highest BCUT2D eigenvalue weighted by Gasteiger charge is 2.35. The van der Waals surface area contributed by atoms with Gasteiger partial charge in [0.25, 0.3) is 0 Å². The summed E-state index contributed by atoms with van der Waals surface area (Å²) in [5.74, 6) is 0. The van der Waals surface area contributed by atoms with E-state index in [1.807, 2.05) is 11.8 Å². The molecule has 2 saturated carbocycles. The molecule has 19 heavy (non-hydrogen) atoms. The molecule has 0 radical (unpaired) electrons. The second-order valence-electron chi connectivity index (χ2n) is 6.07. The first kappa shape index (κ1) is 13.5. The summed E-state index contributed by atoms with van der Waals surface area (Å²) >= 11 is 2.03. The zero-order chi connectivity index (χ0) is 13.1. The van der Waals surface area contributed by atoms with Crippen LogP contribution in [0.5, 0.6) is 0 Å². The molecular formula is C15H25N3S. The van der Waals surface area contributed by atoms with Crippen LogP contribution in [-0.4, -0.2) is 27.3 Å². The molecule has 2 aliphatic carbocycles. The number of rotatable bonds is 6. The number of aromatic nitrogens is 2. The van der Waals surface area contributed by atoms with E-state index in [9.17, 15) is 0 Å². The van der Waals surface area contributed by atoms with E-state index in [2.05, 4.69) is 28.5 Å². The summed E-state index contributed by atoms with van der Waals surface area (Å²) in [6.07, 6.45) is 13.9. The Morgan fingerprint density at radius 2 is 2.16 bits per heavy atom. The molecule has 0 bridgehead atoms. The number of nitrogens with one attached hydrogen (secondary N) is 1. The summed E-state index contributed by atoms with van der Waals surface area (Å²) in [4.78, 5) is 0. The molecule has 1 N–H and O–H groups in total. The van der Waals surface area contributed by atoms with Gasteiger partial charge >= 0.3 is 0 Å². The van der Waals surface area contributed by atoms with Crippen LogP contribution in [0.15, 0.2) is 12.3 Å². The quantitative estimate of drug-likeness (QED) is 0.866. The van der Waals surface area contributed by atoms with E-state index in [0.29, 0.717) is 10.8 Å². The topological polar surface area (TPSA) is 29.9 Å². The fraction of sp³-hybridized carbons (Fsp3) is 0.800. The molecule has 1 aromatic heterocycles. The van der Waals surface area contributed by atoms with Gasteiger partial charge in [0.1, 0.15) is 0 Å².